The molecule has 0 bridgehead atoms. The van der Waals surface area contributed by atoms with Gasteiger partial charge in [0, 0.05) is 24.8 Å². The Kier molecular flexibility index (Phi) is 5.88. The summed E-state index contributed by atoms with van der Waals surface area (Å²) >= 11 is 0. The van der Waals surface area contributed by atoms with Crippen molar-refractivity contribution in [2.24, 2.45) is 5.92 Å². The minimum Gasteiger partial charge on any atom is -0.497 e. The molecule has 2 aromatic heterocycles. The minimum atomic E-state index is -0.108. The molecule has 0 saturated carbocycles. The molecule has 7 heteroatoms. The molecule has 4 rings (SSSR count). The standard InChI is InChI=1S/C23H25N5O2/c1-16-5-3-13-24-22(16)25-23(29)18-6-4-14-28(15-18)21-12-11-20(26-27-21)17-7-9-19(30-2)10-8-17/h3,5,7-13,18H,4,6,14-15H2,1-2H3,(H,24,25,29). The lowest BCUT2D eigenvalue weighted by Crippen LogP contribution is -2.41. The van der Waals surface area contributed by atoms with Gasteiger partial charge in [0.2, 0.25) is 5.91 Å². The zero-order valence-corrected chi connectivity index (χ0v) is 17.2. The number of nitrogens with one attached hydrogen (secondary N) is 1. The highest BCUT2D eigenvalue weighted by Crippen LogP contribution is 2.25. The lowest BCUT2D eigenvalue weighted by atomic mass is 9.97. The number of rotatable bonds is 5. The van der Waals surface area contributed by atoms with Gasteiger partial charge in [-0.1, -0.05) is 6.07 Å². The smallest absolute Gasteiger partial charge is 0.230 e. The first kappa shape index (κ1) is 19.8. The van der Waals surface area contributed by atoms with Crippen LogP contribution in [0.2, 0.25) is 0 Å². The fourth-order valence-corrected chi connectivity index (χ4v) is 3.64. The van der Waals surface area contributed by atoms with Crippen molar-refractivity contribution >= 4 is 17.5 Å². The van der Waals surface area contributed by atoms with E-state index in [1.165, 1.54) is 0 Å². The summed E-state index contributed by atoms with van der Waals surface area (Å²) in [4.78, 5) is 19.2. The second-order valence-corrected chi connectivity index (χ2v) is 7.45. The molecule has 0 spiro atoms. The number of benzene rings is 1. The monoisotopic (exact) mass is 403 g/mol. The van der Waals surface area contributed by atoms with Crippen LogP contribution in [0.1, 0.15) is 18.4 Å². The van der Waals surface area contributed by atoms with E-state index in [0.29, 0.717) is 12.4 Å². The molecule has 3 aromatic rings. The van der Waals surface area contributed by atoms with E-state index in [0.717, 1.165) is 47.8 Å². The molecule has 154 valence electrons. The molecule has 1 amide bonds. The Morgan fingerprint density at radius 3 is 2.67 bits per heavy atom. The number of aryl methyl sites for hydroxylation is 1. The number of piperidine rings is 1. The van der Waals surface area contributed by atoms with Gasteiger partial charge in [0.1, 0.15) is 11.6 Å². The van der Waals surface area contributed by atoms with Gasteiger partial charge in [0.25, 0.3) is 0 Å². The van der Waals surface area contributed by atoms with Gasteiger partial charge in [-0.05, 0) is 67.8 Å². The average molecular weight is 403 g/mol. The second kappa shape index (κ2) is 8.90. The van der Waals surface area contributed by atoms with Gasteiger partial charge in [-0.2, -0.15) is 0 Å². The molecule has 1 unspecified atom stereocenters. The summed E-state index contributed by atoms with van der Waals surface area (Å²) in [6.45, 7) is 3.42. The van der Waals surface area contributed by atoms with E-state index < -0.39 is 0 Å². The maximum Gasteiger partial charge on any atom is 0.230 e. The van der Waals surface area contributed by atoms with Crippen LogP contribution in [0.3, 0.4) is 0 Å². The maximum absolute atomic E-state index is 12.8. The largest absolute Gasteiger partial charge is 0.497 e. The third-order valence-electron chi connectivity index (χ3n) is 5.40. The lowest BCUT2D eigenvalue weighted by molar-refractivity contribution is -0.120. The Bertz CT molecular complexity index is 1000. The number of nitrogens with zero attached hydrogens (tertiary/aromatic N) is 4. The fraction of sp³-hybridized carbons (Fsp3) is 0.304. The molecule has 1 N–H and O–H groups in total. The third-order valence-corrected chi connectivity index (χ3v) is 5.40. The molecule has 3 heterocycles. The van der Waals surface area contributed by atoms with Crippen LogP contribution in [0.4, 0.5) is 11.6 Å². The normalized spacial score (nSPS) is 16.2. The number of aromatic nitrogens is 3. The predicted molar refractivity (Wildman–Crippen MR) is 117 cm³/mol. The minimum absolute atomic E-state index is 0.00399. The van der Waals surface area contributed by atoms with Gasteiger partial charge in [0.15, 0.2) is 5.82 Å². The van der Waals surface area contributed by atoms with E-state index in [1.807, 2.05) is 55.5 Å². The van der Waals surface area contributed by atoms with Crippen LogP contribution in [0, 0.1) is 12.8 Å². The van der Waals surface area contributed by atoms with Crippen molar-refractivity contribution in [2.45, 2.75) is 19.8 Å². The van der Waals surface area contributed by atoms with Crippen molar-refractivity contribution in [3.05, 3.63) is 60.3 Å². The van der Waals surface area contributed by atoms with Crippen molar-refractivity contribution in [2.75, 3.05) is 30.4 Å². The highest BCUT2D eigenvalue weighted by Gasteiger charge is 2.27. The quantitative estimate of drug-likeness (QED) is 0.700. The summed E-state index contributed by atoms with van der Waals surface area (Å²) in [6.07, 6.45) is 3.47. The summed E-state index contributed by atoms with van der Waals surface area (Å²) < 4.78 is 5.20. The topological polar surface area (TPSA) is 80.2 Å². The number of anilines is 2. The van der Waals surface area contributed by atoms with E-state index in [9.17, 15) is 4.79 Å². The summed E-state index contributed by atoms with van der Waals surface area (Å²) in [6, 6.07) is 15.5. The highest BCUT2D eigenvalue weighted by molar-refractivity contribution is 5.92. The van der Waals surface area contributed by atoms with Crippen LogP contribution in [0.25, 0.3) is 11.3 Å². The molecule has 1 aliphatic heterocycles. The van der Waals surface area contributed by atoms with Crippen LogP contribution >= 0.6 is 0 Å². The van der Waals surface area contributed by atoms with Gasteiger partial charge in [0.05, 0.1) is 18.7 Å². The number of hydrogen-bond acceptors (Lipinski definition) is 6. The number of pyridine rings is 1. The van der Waals surface area contributed by atoms with E-state index in [4.69, 9.17) is 4.74 Å². The lowest BCUT2D eigenvalue weighted by Gasteiger charge is -2.32. The summed E-state index contributed by atoms with van der Waals surface area (Å²) in [5.41, 5.74) is 2.74. The first-order chi connectivity index (χ1) is 14.6. The van der Waals surface area contributed by atoms with Crippen molar-refractivity contribution in [3.63, 3.8) is 0 Å². The predicted octanol–water partition coefficient (Wildman–Crippen LogP) is 3.71. The molecule has 30 heavy (non-hydrogen) atoms. The van der Waals surface area contributed by atoms with Crippen LogP contribution < -0.4 is 15.0 Å². The number of methoxy groups -OCH3 is 1. The molecule has 1 fully saturated rings. The Morgan fingerprint density at radius 2 is 1.97 bits per heavy atom. The van der Waals surface area contributed by atoms with Gasteiger partial charge >= 0.3 is 0 Å². The first-order valence-corrected chi connectivity index (χ1v) is 10.1. The zero-order chi connectivity index (χ0) is 20.9. The van der Waals surface area contributed by atoms with Gasteiger partial charge in [-0.15, -0.1) is 10.2 Å². The van der Waals surface area contributed by atoms with E-state index in [-0.39, 0.29) is 11.8 Å². The van der Waals surface area contributed by atoms with E-state index in [1.54, 1.807) is 13.3 Å². The number of carbonyl (C=O) groups is 1. The molecule has 1 atom stereocenters. The Morgan fingerprint density at radius 1 is 1.13 bits per heavy atom. The molecule has 0 aliphatic carbocycles. The van der Waals surface area contributed by atoms with E-state index in [2.05, 4.69) is 25.4 Å². The zero-order valence-electron chi connectivity index (χ0n) is 17.2. The molecular weight excluding hydrogens is 378 g/mol. The van der Waals surface area contributed by atoms with Crippen molar-refractivity contribution in [3.8, 4) is 17.0 Å². The second-order valence-electron chi connectivity index (χ2n) is 7.45. The number of amides is 1. The first-order valence-electron chi connectivity index (χ1n) is 10.1. The maximum atomic E-state index is 12.8. The molecule has 1 saturated heterocycles. The molecule has 1 aromatic carbocycles. The summed E-state index contributed by atoms with van der Waals surface area (Å²) in [5.74, 6) is 2.12. The van der Waals surface area contributed by atoms with Crippen LogP contribution in [0.15, 0.2) is 54.7 Å². The van der Waals surface area contributed by atoms with E-state index >= 15 is 0 Å². The molecule has 0 radical (unpaired) electrons. The Hall–Kier alpha value is -3.48. The average Bonchev–Trinajstić information content (AvgIpc) is 2.81. The van der Waals surface area contributed by atoms with Crippen LogP contribution in [0.5, 0.6) is 5.75 Å². The number of carbonyl (C=O) groups excluding carboxylic acids is 1. The SMILES string of the molecule is COc1ccc(-c2ccc(N3CCCC(C(=O)Nc4ncccc4C)C3)nn2)cc1. The summed E-state index contributed by atoms with van der Waals surface area (Å²) in [5, 5.41) is 11.8. The Labute approximate surface area is 176 Å². The Balaban J connectivity index is 1.42. The van der Waals surface area contributed by atoms with Gasteiger partial charge < -0.3 is 15.0 Å². The number of hydrogen-bond donors (Lipinski definition) is 1. The van der Waals surface area contributed by atoms with Gasteiger partial charge in [-0.25, -0.2) is 4.98 Å². The van der Waals surface area contributed by atoms with Crippen molar-refractivity contribution < 1.29 is 9.53 Å². The molecule has 7 nitrogen and oxygen atoms in total. The van der Waals surface area contributed by atoms with Crippen molar-refractivity contribution in [1.29, 1.82) is 0 Å². The van der Waals surface area contributed by atoms with Crippen LogP contribution in [-0.2, 0) is 4.79 Å². The van der Waals surface area contributed by atoms with Gasteiger partial charge in [-0.3, -0.25) is 4.79 Å². The molecule has 1 aliphatic rings. The number of ether oxygens (including phenoxy) is 1. The third kappa shape index (κ3) is 4.40. The molecular formula is C23H25N5O2. The summed E-state index contributed by atoms with van der Waals surface area (Å²) in [7, 11) is 1.65. The van der Waals surface area contributed by atoms with Crippen molar-refractivity contribution in [1.82, 2.24) is 15.2 Å². The van der Waals surface area contributed by atoms with Crippen LogP contribution in [-0.4, -0.2) is 41.3 Å². The highest BCUT2D eigenvalue weighted by atomic mass is 16.5. The fourth-order valence-electron chi connectivity index (χ4n) is 3.64.